The van der Waals surface area contributed by atoms with Gasteiger partial charge >= 0.3 is 0 Å². The maximum atomic E-state index is 6.22. The van der Waals surface area contributed by atoms with Crippen molar-refractivity contribution in [3.63, 3.8) is 0 Å². The van der Waals surface area contributed by atoms with E-state index in [4.69, 9.17) is 4.42 Å². The standard InChI is InChI=1S/C46H27NOS2/c1-4-10-41-35(7-1)38-24-30-14-13-29(23-31(30)25-42(38)48-41)28-15-17-32(18-16-28)47(33-19-21-45-39(26-33)36-8-2-5-11-43(36)49-45)34-20-22-46-40(27-34)37-9-3-6-12-44(37)50-46/h1-27H. The lowest BCUT2D eigenvalue weighted by atomic mass is 9.99. The summed E-state index contributed by atoms with van der Waals surface area (Å²) >= 11 is 3.71. The van der Waals surface area contributed by atoms with Gasteiger partial charge in [0.2, 0.25) is 0 Å². The van der Waals surface area contributed by atoms with Gasteiger partial charge < -0.3 is 9.32 Å². The van der Waals surface area contributed by atoms with Gasteiger partial charge in [-0.3, -0.25) is 0 Å². The van der Waals surface area contributed by atoms with Crippen molar-refractivity contribution in [2.75, 3.05) is 4.90 Å². The Labute approximate surface area is 295 Å². The van der Waals surface area contributed by atoms with Crippen molar-refractivity contribution in [3.05, 3.63) is 164 Å². The summed E-state index contributed by atoms with van der Waals surface area (Å²) in [6, 6.07) is 59.7. The Morgan fingerprint density at radius 1 is 0.340 bits per heavy atom. The second-order valence-electron chi connectivity index (χ2n) is 12.9. The van der Waals surface area contributed by atoms with E-state index in [2.05, 4.69) is 157 Å². The highest BCUT2D eigenvalue weighted by Crippen LogP contribution is 2.44. The second-order valence-corrected chi connectivity index (χ2v) is 15.1. The highest BCUT2D eigenvalue weighted by Gasteiger charge is 2.17. The molecule has 0 unspecified atom stereocenters. The summed E-state index contributed by atoms with van der Waals surface area (Å²) in [7, 11) is 0. The van der Waals surface area contributed by atoms with Crippen LogP contribution in [0.4, 0.5) is 17.1 Å². The molecule has 11 aromatic rings. The van der Waals surface area contributed by atoms with Crippen LogP contribution in [0.25, 0.3) is 84.2 Å². The molecule has 8 aromatic carbocycles. The van der Waals surface area contributed by atoms with E-state index < -0.39 is 0 Å². The van der Waals surface area contributed by atoms with Crippen LogP contribution in [0, 0.1) is 0 Å². The van der Waals surface area contributed by atoms with Crippen molar-refractivity contribution in [2.45, 2.75) is 0 Å². The fraction of sp³-hybridized carbons (Fsp3) is 0. The fourth-order valence-electron chi connectivity index (χ4n) is 7.60. The van der Waals surface area contributed by atoms with Crippen molar-refractivity contribution in [1.29, 1.82) is 0 Å². The van der Waals surface area contributed by atoms with E-state index in [1.165, 1.54) is 62.2 Å². The first-order valence-corrected chi connectivity index (χ1v) is 18.5. The first-order chi connectivity index (χ1) is 24.7. The predicted octanol–water partition coefficient (Wildman–Crippen LogP) is 14.6. The summed E-state index contributed by atoms with van der Waals surface area (Å²) < 4.78 is 11.5. The predicted molar refractivity (Wildman–Crippen MR) is 217 cm³/mol. The van der Waals surface area contributed by atoms with Gasteiger partial charge in [0.1, 0.15) is 11.2 Å². The van der Waals surface area contributed by atoms with Crippen LogP contribution in [0.3, 0.4) is 0 Å². The number of thiophene rings is 2. The third-order valence-electron chi connectivity index (χ3n) is 10.0. The number of hydrogen-bond donors (Lipinski definition) is 0. The number of para-hydroxylation sites is 1. The number of rotatable bonds is 4. The molecular formula is C46H27NOS2. The molecule has 0 spiro atoms. The Morgan fingerprint density at radius 3 is 1.58 bits per heavy atom. The van der Waals surface area contributed by atoms with Gasteiger partial charge in [0.15, 0.2) is 0 Å². The summed E-state index contributed by atoms with van der Waals surface area (Å²) in [6.45, 7) is 0. The molecule has 11 rings (SSSR count). The molecule has 234 valence electrons. The fourth-order valence-corrected chi connectivity index (χ4v) is 9.78. The molecule has 0 radical (unpaired) electrons. The Bertz CT molecular complexity index is 2990. The summed E-state index contributed by atoms with van der Waals surface area (Å²) in [5.41, 5.74) is 7.63. The van der Waals surface area contributed by atoms with E-state index in [9.17, 15) is 0 Å². The summed E-state index contributed by atoms with van der Waals surface area (Å²) in [5.74, 6) is 0. The summed E-state index contributed by atoms with van der Waals surface area (Å²) in [5, 5.41) is 9.90. The smallest absolute Gasteiger partial charge is 0.136 e. The molecule has 3 heterocycles. The lowest BCUT2D eigenvalue weighted by Gasteiger charge is -2.26. The van der Waals surface area contributed by atoms with E-state index >= 15 is 0 Å². The Kier molecular flexibility index (Phi) is 6.03. The van der Waals surface area contributed by atoms with E-state index in [0.29, 0.717) is 0 Å². The van der Waals surface area contributed by atoms with Crippen LogP contribution in [0.1, 0.15) is 0 Å². The lowest BCUT2D eigenvalue weighted by Crippen LogP contribution is -2.09. The van der Waals surface area contributed by atoms with Crippen molar-refractivity contribution >= 4 is 113 Å². The normalized spacial score (nSPS) is 12.0. The van der Waals surface area contributed by atoms with Gasteiger partial charge in [0.25, 0.3) is 0 Å². The maximum Gasteiger partial charge on any atom is 0.136 e. The topological polar surface area (TPSA) is 16.4 Å². The highest BCUT2D eigenvalue weighted by molar-refractivity contribution is 7.26. The number of nitrogens with zero attached hydrogens (tertiary/aromatic N) is 1. The van der Waals surface area contributed by atoms with Crippen molar-refractivity contribution < 1.29 is 4.42 Å². The van der Waals surface area contributed by atoms with Crippen LogP contribution in [0.15, 0.2) is 168 Å². The van der Waals surface area contributed by atoms with Gasteiger partial charge in [0.05, 0.1) is 0 Å². The van der Waals surface area contributed by atoms with Gasteiger partial charge in [-0.15, -0.1) is 22.7 Å². The monoisotopic (exact) mass is 673 g/mol. The number of benzene rings is 8. The third-order valence-corrected chi connectivity index (χ3v) is 12.3. The lowest BCUT2D eigenvalue weighted by molar-refractivity contribution is 0.669. The Hall–Kier alpha value is -5.94. The molecule has 0 aliphatic rings. The highest BCUT2D eigenvalue weighted by atomic mass is 32.1. The first kappa shape index (κ1) is 28.0. The van der Waals surface area contributed by atoms with Crippen LogP contribution >= 0.6 is 22.7 Å². The summed E-state index contributed by atoms with van der Waals surface area (Å²) in [6.07, 6.45) is 0. The molecule has 2 nitrogen and oxygen atoms in total. The zero-order valence-electron chi connectivity index (χ0n) is 26.8. The molecule has 0 atom stereocenters. The molecule has 0 amide bonds. The minimum absolute atomic E-state index is 0.924. The third kappa shape index (κ3) is 4.32. The van der Waals surface area contributed by atoms with Crippen LogP contribution in [0.2, 0.25) is 0 Å². The van der Waals surface area contributed by atoms with Crippen LogP contribution in [0.5, 0.6) is 0 Å². The molecule has 0 aliphatic heterocycles. The second kappa shape index (κ2) is 10.8. The molecule has 0 saturated heterocycles. The molecule has 3 aromatic heterocycles. The van der Waals surface area contributed by atoms with Crippen molar-refractivity contribution in [3.8, 4) is 11.1 Å². The van der Waals surface area contributed by atoms with Gasteiger partial charge in [-0.25, -0.2) is 0 Å². The Morgan fingerprint density at radius 2 is 0.900 bits per heavy atom. The van der Waals surface area contributed by atoms with Crippen LogP contribution in [-0.4, -0.2) is 0 Å². The van der Waals surface area contributed by atoms with Crippen LogP contribution in [-0.2, 0) is 0 Å². The maximum absolute atomic E-state index is 6.22. The SMILES string of the molecule is c1ccc2c(c1)oc1cc3cc(-c4ccc(N(c5ccc6sc7ccccc7c6c5)c5ccc6sc7ccccc7c6c5)cc4)ccc3cc12. The largest absolute Gasteiger partial charge is 0.456 e. The summed E-state index contributed by atoms with van der Waals surface area (Å²) in [4.78, 5) is 2.40. The van der Waals surface area contributed by atoms with Gasteiger partial charge in [-0.1, -0.05) is 78.9 Å². The van der Waals surface area contributed by atoms with E-state index in [-0.39, 0.29) is 0 Å². The number of fused-ring (bicyclic) bond motifs is 10. The molecule has 50 heavy (non-hydrogen) atoms. The molecule has 0 fully saturated rings. The number of anilines is 3. The molecule has 0 aliphatic carbocycles. The van der Waals surface area contributed by atoms with Crippen molar-refractivity contribution in [2.24, 2.45) is 0 Å². The van der Waals surface area contributed by atoms with E-state index in [0.717, 1.165) is 39.0 Å². The van der Waals surface area contributed by atoms with Gasteiger partial charge in [-0.05, 0) is 107 Å². The minimum atomic E-state index is 0.924. The molecule has 0 saturated carbocycles. The molecule has 0 N–H and O–H groups in total. The number of hydrogen-bond acceptors (Lipinski definition) is 4. The average Bonchev–Trinajstić information content (AvgIpc) is 3.85. The molecular weight excluding hydrogens is 647 g/mol. The quantitative estimate of drug-likeness (QED) is 0.185. The van der Waals surface area contributed by atoms with Gasteiger partial charge in [-0.2, -0.15) is 0 Å². The zero-order chi connectivity index (χ0) is 32.8. The molecule has 4 heteroatoms. The van der Waals surface area contributed by atoms with Crippen molar-refractivity contribution in [1.82, 2.24) is 0 Å². The Balaban J connectivity index is 1.04. The van der Waals surface area contributed by atoms with E-state index in [1.54, 1.807) is 0 Å². The van der Waals surface area contributed by atoms with Gasteiger partial charge in [0, 0.05) is 68.2 Å². The van der Waals surface area contributed by atoms with Crippen LogP contribution < -0.4 is 4.90 Å². The zero-order valence-corrected chi connectivity index (χ0v) is 28.4. The molecule has 0 bridgehead atoms. The first-order valence-electron chi connectivity index (χ1n) is 16.8. The minimum Gasteiger partial charge on any atom is -0.456 e. The number of furan rings is 1. The average molecular weight is 674 g/mol. The van der Waals surface area contributed by atoms with E-state index in [1.807, 2.05) is 34.8 Å².